The van der Waals surface area contributed by atoms with Gasteiger partial charge in [-0.15, -0.1) is 0 Å². The fourth-order valence-corrected chi connectivity index (χ4v) is 1.57. The Hall–Kier alpha value is -2.05. The standard InChI is InChI=1S/C14H21F2N3O2/c1-14(2,3)21-13(20)19-6-4-5-18-12-10(15)7-9(17)8-11(12)16/h7-8,18H,4-6,17H2,1-3H3,(H,19,20). The highest BCUT2D eigenvalue weighted by molar-refractivity contribution is 5.67. The molecule has 0 fully saturated rings. The molecule has 1 aromatic rings. The van der Waals surface area contributed by atoms with E-state index < -0.39 is 23.3 Å². The number of hydrogen-bond acceptors (Lipinski definition) is 4. The lowest BCUT2D eigenvalue weighted by Gasteiger charge is -2.19. The van der Waals surface area contributed by atoms with Crippen LogP contribution >= 0.6 is 0 Å². The highest BCUT2D eigenvalue weighted by atomic mass is 19.1. The number of ether oxygens (including phenoxy) is 1. The number of halogens is 2. The van der Waals surface area contributed by atoms with E-state index in [9.17, 15) is 13.6 Å². The molecule has 0 aromatic heterocycles. The van der Waals surface area contributed by atoms with Crippen molar-refractivity contribution in [3.8, 4) is 0 Å². The normalized spacial score (nSPS) is 11.1. The van der Waals surface area contributed by atoms with Gasteiger partial charge in [0.15, 0.2) is 11.6 Å². The first-order valence-corrected chi connectivity index (χ1v) is 6.64. The van der Waals surface area contributed by atoms with Gasteiger partial charge >= 0.3 is 6.09 Å². The third-order valence-electron chi connectivity index (χ3n) is 2.39. The molecule has 0 bridgehead atoms. The van der Waals surface area contributed by atoms with E-state index in [0.717, 1.165) is 12.1 Å². The Bertz CT molecular complexity index is 478. The Morgan fingerprint density at radius 2 is 1.81 bits per heavy atom. The monoisotopic (exact) mass is 301 g/mol. The van der Waals surface area contributed by atoms with Crippen LogP contribution in [0.5, 0.6) is 0 Å². The van der Waals surface area contributed by atoms with Crippen molar-refractivity contribution in [3.05, 3.63) is 23.8 Å². The van der Waals surface area contributed by atoms with Crippen LogP contribution in [-0.4, -0.2) is 24.8 Å². The highest BCUT2D eigenvalue weighted by Crippen LogP contribution is 2.21. The quantitative estimate of drug-likeness (QED) is 0.577. The van der Waals surface area contributed by atoms with E-state index in [1.165, 1.54) is 0 Å². The van der Waals surface area contributed by atoms with Crippen molar-refractivity contribution in [3.63, 3.8) is 0 Å². The summed E-state index contributed by atoms with van der Waals surface area (Å²) in [5.74, 6) is -1.49. The number of carbonyl (C=O) groups excluding carboxylic acids is 1. The Labute approximate surface area is 122 Å². The zero-order valence-corrected chi connectivity index (χ0v) is 12.4. The van der Waals surface area contributed by atoms with Crippen molar-refractivity contribution in [2.75, 3.05) is 24.1 Å². The molecule has 1 rings (SSSR count). The summed E-state index contributed by atoms with van der Waals surface area (Å²) in [4.78, 5) is 11.3. The predicted octanol–water partition coefficient (Wildman–Crippen LogP) is 2.87. The second-order valence-corrected chi connectivity index (χ2v) is 5.57. The van der Waals surface area contributed by atoms with Gasteiger partial charge in [-0.25, -0.2) is 13.6 Å². The lowest BCUT2D eigenvalue weighted by atomic mass is 10.2. The molecule has 0 saturated carbocycles. The molecule has 0 aliphatic rings. The number of nitrogens with one attached hydrogen (secondary N) is 2. The van der Waals surface area contributed by atoms with E-state index in [2.05, 4.69) is 10.6 Å². The maximum atomic E-state index is 13.5. The summed E-state index contributed by atoms with van der Waals surface area (Å²) in [6, 6.07) is 2.09. The number of amides is 1. The summed E-state index contributed by atoms with van der Waals surface area (Å²) in [6.07, 6.45) is -0.0324. The predicted molar refractivity (Wildman–Crippen MR) is 78.1 cm³/mol. The van der Waals surface area contributed by atoms with Crippen LogP contribution in [0.2, 0.25) is 0 Å². The van der Waals surface area contributed by atoms with Crippen molar-refractivity contribution in [2.24, 2.45) is 0 Å². The minimum absolute atomic E-state index is 0.0298. The molecule has 0 aliphatic carbocycles. The number of nitrogens with two attached hydrogens (primary N) is 1. The number of benzene rings is 1. The zero-order valence-electron chi connectivity index (χ0n) is 12.4. The van der Waals surface area contributed by atoms with Crippen LogP contribution in [-0.2, 0) is 4.74 Å². The molecule has 5 nitrogen and oxygen atoms in total. The minimum atomic E-state index is -0.743. The molecule has 0 heterocycles. The van der Waals surface area contributed by atoms with Crippen LogP contribution in [0.15, 0.2) is 12.1 Å². The first kappa shape index (κ1) is 17.0. The Balaban J connectivity index is 2.31. The van der Waals surface area contributed by atoms with Crippen molar-refractivity contribution in [1.82, 2.24) is 5.32 Å². The van der Waals surface area contributed by atoms with Gasteiger partial charge in [-0.05, 0) is 39.3 Å². The molecule has 1 aromatic carbocycles. The fraction of sp³-hybridized carbons (Fsp3) is 0.500. The van der Waals surface area contributed by atoms with Gasteiger partial charge in [-0.2, -0.15) is 0 Å². The van der Waals surface area contributed by atoms with E-state index >= 15 is 0 Å². The fourth-order valence-electron chi connectivity index (χ4n) is 1.57. The number of carbonyl (C=O) groups is 1. The van der Waals surface area contributed by atoms with E-state index in [1.54, 1.807) is 20.8 Å². The molecular formula is C14H21F2N3O2. The minimum Gasteiger partial charge on any atom is -0.444 e. The number of hydrogen-bond donors (Lipinski definition) is 3. The van der Waals surface area contributed by atoms with Crippen LogP contribution in [0.25, 0.3) is 0 Å². The van der Waals surface area contributed by atoms with Gasteiger partial charge in [0.2, 0.25) is 0 Å². The molecule has 0 atom stereocenters. The van der Waals surface area contributed by atoms with Gasteiger partial charge in [-0.3, -0.25) is 0 Å². The van der Waals surface area contributed by atoms with Crippen molar-refractivity contribution in [1.29, 1.82) is 0 Å². The van der Waals surface area contributed by atoms with Crippen molar-refractivity contribution >= 4 is 17.5 Å². The molecule has 0 saturated heterocycles. The Kier molecular flexibility index (Phi) is 5.75. The third-order valence-corrected chi connectivity index (χ3v) is 2.39. The summed E-state index contributed by atoms with van der Waals surface area (Å²) in [6.45, 7) is 5.93. The van der Waals surface area contributed by atoms with Crippen LogP contribution in [0.4, 0.5) is 25.0 Å². The van der Waals surface area contributed by atoms with E-state index in [1.807, 2.05) is 0 Å². The smallest absolute Gasteiger partial charge is 0.407 e. The summed E-state index contributed by atoms with van der Waals surface area (Å²) < 4.78 is 32.0. The maximum Gasteiger partial charge on any atom is 0.407 e. The molecule has 0 unspecified atom stereocenters. The van der Waals surface area contributed by atoms with Gasteiger partial charge in [-0.1, -0.05) is 0 Å². The topological polar surface area (TPSA) is 76.4 Å². The average molecular weight is 301 g/mol. The third kappa shape index (κ3) is 6.29. The van der Waals surface area contributed by atoms with Crippen LogP contribution in [0, 0.1) is 11.6 Å². The number of nitrogen functional groups attached to an aromatic ring is 1. The summed E-state index contributed by atoms with van der Waals surface area (Å²) in [5, 5.41) is 5.19. The molecule has 0 aliphatic heterocycles. The molecular weight excluding hydrogens is 280 g/mol. The molecule has 118 valence electrons. The molecule has 4 N–H and O–H groups in total. The first-order valence-electron chi connectivity index (χ1n) is 6.64. The van der Waals surface area contributed by atoms with Gasteiger partial charge in [0.1, 0.15) is 11.3 Å². The molecule has 0 spiro atoms. The second kappa shape index (κ2) is 7.10. The molecule has 21 heavy (non-hydrogen) atoms. The SMILES string of the molecule is CC(C)(C)OC(=O)NCCCNc1c(F)cc(N)cc1F. The summed E-state index contributed by atoms with van der Waals surface area (Å²) in [5.41, 5.74) is 4.57. The van der Waals surface area contributed by atoms with Crippen LogP contribution in [0.3, 0.4) is 0 Å². The molecule has 7 heteroatoms. The number of anilines is 2. The Morgan fingerprint density at radius 3 is 2.33 bits per heavy atom. The average Bonchev–Trinajstić information content (AvgIpc) is 2.29. The van der Waals surface area contributed by atoms with Gasteiger partial charge < -0.3 is 21.1 Å². The lowest BCUT2D eigenvalue weighted by Crippen LogP contribution is -2.33. The number of rotatable bonds is 5. The Morgan fingerprint density at radius 1 is 1.24 bits per heavy atom. The van der Waals surface area contributed by atoms with Gasteiger partial charge in [0.25, 0.3) is 0 Å². The number of alkyl carbamates (subject to hydrolysis) is 1. The second-order valence-electron chi connectivity index (χ2n) is 5.57. The van der Waals surface area contributed by atoms with Gasteiger partial charge in [0.05, 0.1) is 0 Å². The first-order chi connectivity index (χ1) is 9.69. The molecule has 0 radical (unpaired) electrons. The van der Waals surface area contributed by atoms with Crippen molar-refractivity contribution in [2.45, 2.75) is 32.8 Å². The zero-order chi connectivity index (χ0) is 16.0. The van der Waals surface area contributed by atoms with Crippen molar-refractivity contribution < 1.29 is 18.3 Å². The van der Waals surface area contributed by atoms with E-state index in [0.29, 0.717) is 19.5 Å². The highest BCUT2D eigenvalue weighted by Gasteiger charge is 2.15. The summed E-state index contributed by atoms with van der Waals surface area (Å²) >= 11 is 0. The van der Waals surface area contributed by atoms with E-state index in [4.69, 9.17) is 10.5 Å². The molecule has 1 amide bonds. The van der Waals surface area contributed by atoms with Crippen LogP contribution < -0.4 is 16.4 Å². The lowest BCUT2D eigenvalue weighted by molar-refractivity contribution is 0.0528. The largest absolute Gasteiger partial charge is 0.444 e. The maximum absolute atomic E-state index is 13.5. The van der Waals surface area contributed by atoms with E-state index in [-0.39, 0.29) is 11.4 Å². The van der Waals surface area contributed by atoms with Crippen LogP contribution in [0.1, 0.15) is 27.2 Å². The summed E-state index contributed by atoms with van der Waals surface area (Å²) in [7, 11) is 0. The van der Waals surface area contributed by atoms with Gasteiger partial charge in [0, 0.05) is 18.8 Å².